The van der Waals surface area contributed by atoms with Crippen molar-refractivity contribution in [1.29, 1.82) is 0 Å². The Balaban J connectivity index is 1.47. The summed E-state index contributed by atoms with van der Waals surface area (Å²) in [5, 5.41) is 0. The van der Waals surface area contributed by atoms with Crippen LogP contribution < -0.4 is 0 Å². The smallest absolute Gasteiger partial charge is 0.249 e. The van der Waals surface area contributed by atoms with Crippen molar-refractivity contribution < 1.29 is 14.3 Å². The van der Waals surface area contributed by atoms with Gasteiger partial charge in [0.25, 0.3) is 0 Å². The summed E-state index contributed by atoms with van der Waals surface area (Å²) in [6.07, 6.45) is 3.73. The summed E-state index contributed by atoms with van der Waals surface area (Å²) >= 11 is 0. The van der Waals surface area contributed by atoms with E-state index >= 15 is 0 Å². The minimum atomic E-state index is 0.120. The van der Waals surface area contributed by atoms with Gasteiger partial charge in [-0.2, -0.15) is 0 Å². The van der Waals surface area contributed by atoms with Gasteiger partial charge < -0.3 is 19.4 Å². The fraction of sp³-hybridized carbons (Fsp3) is 0.750. The minimum Gasteiger partial charge on any atom is -0.381 e. The average Bonchev–Trinajstić information content (AvgIpc) is 3.15. The number of rotatable bonds is 3. The number of imidazole rings is 1. The second kappa shape index (κ2) is 6.22. The molecule has 3 aliphatic rings. The van der Waals surface area contributed by atoms with Crippen molar-refractivity contribution in [3.05, 3.63) is 17.7 Å². The Bertz CT molecular complexity index is 569. The van der Waals surface area contributed by atoms with Crippen LogP contribution >= 0.6 is 0 Å². The van der Waals surface area contributed by atoms with Crippen LogP contribution in [-0.4, -0.2) is 76.8 Å². The molecule has 3 saturated heterocycles. The molecular weight excluding hydrogens is 296 g/mol. The number of carbonyl (C=O) groups is 1. The first-order valence-electron chi connectivity index (χ1n) is 8.44. The van der Waals surface area contributed by atoms with E-state index in [1.165, 1.54) is 0 Å². The average molecular weight is 320 g/mol. The summed E-state index contributed by atoms with van der Waals surface area (Å²) in [7, 11) is 0. The Morgan fingerprint density at radius 2 is 2.17 bits per heavy atom. The lowest BCUT2D eigenvalue weighted by atomic mass is 10.0. The standard InChI is InChI=1S/C16H24N4O3/c1-11-13(18-10-17-11)6-19-7-14-15(8-19)23-9-16(21)20(14)12-2-4-22-5-3-12/h10,12,14-15H,2-9H2,1H3,(H,17,18)/t14-,15-/m0/s1. The van der Waals surface area contributed by atoms with E-state index in [1.807, 2.05) is 6.92 Å². The predicted molar refractivity (Wildman–Crippen MR) is 82.8 cm³/mol. The molecule has 1 N–H and O–H groups in total. The molecule has 0 unspecified atom stereocenters. The molecule has 0 saturated carbocycles. The molecule has 4 rings (SSSR count). The number of aromatic amines is 1. The zero-order valence-corrected chi connectivity index (χ0v) is 13.5. The van der Waals surface area contributed by atoms with Gasteiger partial charge >= 0.3 is 0 Å². The molecule has 4 heterocycles. The van der Waals surface area contributed by atoms with Gasteiger partial charge in [0.2, 0.25) is 5.91 Å². The molecule has 0 spiro atoms. The van der Waals surface area contributed by atoms with Gasteiger partial charge in [-0.1, -0.05) is 0 Å². The number of hydrogen-bond donors (Lipinski definition) is 1. The van der Waals surface area contributed by atoms with Gasteiger partial charge in [-0.05, 0) is 19.8 Å². The van der Waals surface area contributed by atoms with Gasteiger partial charge in [0.1, 0.15) is 6.61 Å². The van der Waals surface area contributed by atoms with Crippen LogP contribution in [0.5, 0.6) is 0 Å². The van der Waals surface area contributed by atoms with E-state index in [4.69, 9.17) is 9.47 Å². The maximum absolute atomic E-state index is 12.4. The van der Waals surface area contributed by atoms with Crippen molar-refractivity contribution in [1.82, 2.24) is 19.8 Å². The monoisotopic (exact) mass is 320 g/mol. The number of aryl methyl sites for hydroxylation is 1. The molecule has 3 aliphatic heterocycles. The molecule has 3 fully saturated rings. The molecule has 0 aromatic carbocycles. The lowest BCUT2D eigenvalue weighted by Gasteiger charge is -2.43. The van der Waals surface area contributed by atoms with Crippen molar-refractivity contribution >= 4 is 5.91 Å². The molecule has 1 aromatic rings. The van der Waals surface area contributed by atoms with Crippen LogP contribution in [0.4, 0.5) is 0 Å². The summed E-state index contributed by atoms with van der Waals surface area (Å²) in [5.41, 5.74) is 2.19. The molecule has 0 bridgehead atoms. The van der Waals surface area contributed by atoms with Crippen molar-refractivity contribution in [2.75, 3.05) is 32.9 Å². The van der Waals surface area contributed by atoms with Crippen molar-refractivity contribution in [3.63, 3.8) is 0 Å². The molecular formula is C16H24N4O3. The second-order valence-corrected chi connectivity index (χ2v) is 6.73. The van der Waals surface area contributed by atoms with Gasteiger partial charge in [0, 0.05) is 44.6 Å². The first-order chi connectivity index (χ1) is 11.2. The van der Waals surface area contributed by atoms with Crippen LogP contribution in [0.25, 0.3) is 0 Å². The Morgan fingerprint density at radius 3 is 2.91 bits per heavy atom. The minimum absolute atomic E-state index is 0.120. The van der Waals surface area contributed by atoms with Gasteiger partial charge in [0.05, 0.1) is 24.2 Å². The number of hydrogen-bond acceptors (Lipinski definition) is 5. The summed E-state index contributed by atoms with van der Waals surface area (Å²) in [6, 6.07) is 0.471. The number of nitrogens with zero attached hydrogens (tertiary/aromatic N) is 3. The van der Waals surface area contributed by atoms with Crippen LogP contribution in [0.15, 0.2) is 6.33 Å². The molecule has 23 heavy (non-hydrogen) atoms. The number of fused-ring (bicyclic) bond motifs is 1. The zero-order chi connectivity index (χ0) is 15.8. The van der Waals surface area contributed by atoms with Crippen LogP contribution in [0, 0.1) is 6.92 Å². The fourth-order valence-corrected chi connectivity index (χ4v) is 4.03. The van der Waals surface area contributed by atoms with E-state index < -0.39 is 0 Å². The Hall–Kier alpha value is -1.44. The molecule has 0 aliphatic carbocycles. The van der Waals surface area contributed by atoms with E-state index in [-0.39, 0.29) is 24.7 Å². The zero-order valence-electron chi connectivity index (χ0n) is 13.5. The first-order valence-corrected chi connectivity index (χ1v) is 8.44. The molecule has 126 valence electrons. The van der Waals surface area contributed by atoms with E-state index in [0.29, 0.717) is 6.04 Å². The number of amides is 1. The predicted octanol–water partition coefficient (Wildman–Crippen LogP) is 0.309. The Morgan fingerprint density at radius 1 is 1.35 bits per heavy atom. The van der Waals surface area contributed by atoms with Gasteiger partial charge in [-0.15, -0.1) is 0 Å². The second-order valence-electron chi connectivity index (χ2n) is 6.73. The first kappa shape index (κ1) is 15.1. The Kier molecular flexibility index (Phi) is 4.09. The number of ether oxygens (including phenoxy) is 2. The largest absolute Gasteiger partial charge is 0.381 e. The number of aromatic nitrogens is 2. The number of morpholine rings is 1. The van der Waals surface area contributed by atoms with Gasteiger partial charge in [0.15, 0.2) is 0 Å². The van der Waals surface area contributed by atoms with E-state index in [1.54, 1.807) is 6.33 Å². The van der Waals surface area contributed by atoms with Crippen molar-refractivity contribution in [2.24, 2.45) is 0 Å². The third-order valence-electron chi connectivity index (χ3n) is 5.27. The fourth-order valence-electron chi connectivity index (χ4n) is 4.03. The maximum atomic E-state index is 12.4. The van der Waals surface area contributed by atoms with Crippen molar-refractivity contribution in [2.45, 2.75) is 44.5 Å². The van der Waals surface area contributed by atoms with Crippen LogP contribution in [-0.2, 0) is 20.8 Å². The Labute approximate surface area is 135 Å². The summed E-state index contributed by atoms with van der Waals surface area (Å²) in [6.45, 7) is 6.30. The molecule has 1 aromatic heterocycles. The lowest BCUT2D eigenvalue weighted by Crippen LogP contribution is -2.58. The molecule has 0 radical (unpaired) electrons. The highest BCUT2D eigenvalue weighted by molar-refractivity contribution is 5.79. The summed E-state index contributed by atoms with van der Waals surface area (Å²) < 4.78 is 11.3. The van der Waals surface area contributed by atoms with E-state index in [2.05, 4.69) is 19.8 Å². The van der Waals surface area contributed by atoms with Crippen LogP contribution in [0.1, 0.15) is 24.2 Å². The molecule has 1 amide bonds. The highest BCUT2D eigenvalue weighted by atomic mass is 16.5. The highest BCUT2D eigenvalue weighted by Gasteiger charge is 2.45. The van der Waals surface area contributed by atoms with Crippen LogP contribution in [0.3, 0.4) is 0 Å². The number of likely N-dealkylation sites (tertiary alicyclic amines) is 1. The number of H-pyrrole nitrogens is 1. The maximum Gasteiger partial charge on any atom is 0.249 e. The topological polar surface area (TPSA) is 70.7 Å². The van der Waals surface area contributed by atoms with Gasteiger partial charge in [-0.3, -0.25) is 9.69 Å². The number of nitrogens with one attached hydrogen (secondary N) is 1. The van der Waals surface area contributed by atoms with Gasteiger partial charge in [-0.25, -0.2) is 4.98 Å². The summed E-state index contributed by atoms with van der Waals surface area (Å²) in [5.74, 6) is 0.135. The van der Waals surface area contributed by atoms with E-state index in [9.17, 15) is 4.79 Å². The summed E-state index contributed by atoms with van der Waals surface area (Å²) in [4.78, 5) is 24.4. The molecule has 7 nitrogen and oxygen atoms in total. The third-order valence-corrected chi connectivity index (χ3v) is 5.27. The van der Waals surface area contributed by atoms with Crippen LogP contribution in [0.2, 0.25) is 0 Å². The molecule has 2 atom stereocenters. The lowest BCUT2D eigenvalue weighted by molar-refractivity contribution is -0.159. The number of carbonyl (C=O) groups excluding carboxylic acids is 1. The highest BCUT2D eigenvalue weighted by Crippen LogP contribution is 2.29. The van der Waals surface area contributed by atoms with Crippen molar-refractivity contribution in [3.8, 4) is 0 Å². The van der Waals surface area contributed by atoms with E-state index in [0.717, 1.165) is 57.1 Å². The normalized spacial score (nSPS) is 30.0. The quantitative estimate of drug-likeness (QED) is 0.868. The third kappa shape index (κ3) is 2.88. The molecule has 7 heteroatoms. The SMILES string of the molecule is Cc1[nH]cnc1CN1C[C@@H]2OCC(=O)N(C3CCOCC3)[C@H]2C1.